The SMILES string of the molecule is CCCCSNc1ccc2[nH]c(C(=O)Oc3c(F)c(F)c(F)c(F)c3F)c(C)c2c1. The van der Waals surface area contributed by atoms with E-state index in [1.54, 1.807) is 25.1 Å². The summed E-state index contributed by atoms with van der Waals surface area (Å²) < 4.78 is 75.1. The lowest BCUT2D eigenvalue weighted by molar-refractivity contribution is 0.0710. The van der Waals surface area contributed by atoms with Crippen LogP contribution >= 0.6 is 11.9 Å². The number of hydrogen-bond donors (Lipinski definition) is 2. The molecule has 2 aromatic carbocycles. The zero-order valence-electron chi connectivity index (χ0n) is 16.0. The van der Waals surface area contributed by atoms with Crippen LogP contribution in [0.1, 0.15) is 35.8 Å². The lowest BCUT2D eigenvalue weighted by Gasteiger charge is -2.08. The number of carbonyl (C=O) groups is 1. The van der Waals surface area contributed by atoms with Gasteiger partial charge in [-0.25, -0.2) is 18.0 Å². The van der Waals surface area contributed by atoms with Crippen molar-refractivity contribution in [3.05, 3.63) is 58.5 Å². The summed E-state index contributed by atoms with van der Waals surface area (Å²) in [5.41, 5.74) is 1.57. The number of aromatic amines is 1. The van der Waals surface area contributed by atoms with Crippen LogP contribution < -0.4 is 9.46 Å². The molecule has 0 aliphatic rings. The second-order valence-electron chi connectivity index (χ2n) is 6.48. The largest absolute Gasteiger partial charge is 0.415 e. The Labute approximate surface area is 172 Å². The van der Waals surface area contributed by atoms with E-state index in [4.69, 9.17) is 0 Å². The van der Waals surface area contributed by atoms with E-state index in [0.717, 1.165) is 24.3 Å². The number of esters is 1. The Morgan fingerprint density at radius 1 is 1.07 bits per heavy atom. The Kier molecular flexibility index (Phi) is 6.55. The summed E-state index contributed by atoms with van der Waals surface area (Å²) in [6.07, 6.45) is 2.12. The Hall–Kier alpha value is -2.75. The van der Waals surface area contributed by atoms with Crippen LogP contribution in [-0.4, -0.2) is 16.7 Å². The Morgan fingerprint density at radius 2 is 1.70 bits per heavy atom. The molecule has 1 heterocycles. The maximum absolute atomic E-state index is 13.8. The molecule has 3 aromatic rings. The molecule has 0 saturated carbocycles. The van der Waals surface area contributed by atoms with Crippen LogP contribution in [0.15, 0.2) is 18.2 Å². The van der Waals surface area contributed by atoms with Crippen LogP contribution in [0, 0.1) is 36.0 Å². The molecule has 1 aromatic heterocycles. The third kappa shape index (κ3) is 4.09. The second kappa shape index (κ2) is 8.95. The fourth-order valence-corrected chi connectivity index (χ4v) is 3.59. The van der Waals surface area contributed by atoms with Gasteiger partial charge in [0.15, 0.2) is 0 Å². The highest BCUT2D eigenvalue weighted by molar-refractivity contribution is 8.00. The van der Waals surface area contributed by atoms with Crippen LogP contribution in [0.5, 0.6) is 5.75 Å². The molecule has 3 rings (SSSR count). The van der Waals surface area contributed by atoms with Gasteiger partial charge in [-0.1, -0.05) is 25.3 Å². The van der Waals surface area contributed by atoms with Gasteiger partial charge in [-0.15, -0.1) is 0 Å². The van der Waals surface area contributed by atoms with Crippen molar-refractivity contribution < 1.29 is 31.5 Å². The summed E-state index contributed by atoms with van der Waals surface area (Å²) in [7, 11) is 0. The topological polar surface area (TPSA) is 54.1 Å². The van der Waals surface area contributed by atoms with Crippen molar-refractivity contribution >= 4 is 34.5 Å². The van der Waals surface area contributed by atoms with Gasteiger partial charge in [0.1, 0.15) is 5.69 Å². The van der Waals surface area contributed by atoms with Gasteiger partial charge in [0.2, 0.25) is 34.8 Å². The molecule has 0 saturated heterocycles. The zero-order valence-corrected chi connectivity index (χ0v) is 16.8. The van der Waals surface area contributed by atoms with Crippen molar-refractivity contribution in [3.63, 3.8) is 0 Å². The molecule has 0 radical (unpaired) electrons. The summed E-state index contributed by atoms with van der Waals surface area (Å²) in [4.78, 5) is 15.2. The lowest BCUT2D eigenvalue weighted by Crippen LogP contribution is -2.15. The molecule has 0 atom stereocenters. The number of aromatic nitrogens is 1. The molecule has 0 spiro atoms. The number of hydrogen-bond acceptors (Lipinski definition) is 4. The first kappa shape index (κ1) is 21.9. The van der Waals surface area contributed by atoms with Crippen molar-refractivity contribution in [2.75, 3.05) is 10.5 Å². The predicted octanol–water partition coefficient (Wildman–Crippen LogP) is 6.25. The van der Waals surface area contributed by atoms with E-state index in [1.807, 2.05) is 0 Å². The molecule has 0 aliphatic heterocycles. The Morgan fingerprint density at radius 3 is 2.33 bits per heavy atom. The van der Waals surface area contributed by atoms with Crippen LogP contribution in [0.4, 0.5) is 27.6 Å². The number of fused-ring (bicyclic) bond motifs is 1. The average molecular weight is 444 g/mol. The summed E-state index contributed by atoms with van der Waals surface area (Å²) in [5.74, 6) is -13.2. The standard InChI is InChI=1S/C20H17F5N2O2S/c1-3-4-7-30-27-10-5-6-12-11(8-10)9(2)18(26-12)20(28)29-19-16(24)14(22)13(21)15(23)17(19)25/h5-6,8,26-27H,3-4,7H2,1-2H3. The van der Waals surface area contributed by atoms with Gasteiger partial charge < -0.3 is 14.4 Å². The Bertz CT molecular complexity index is 1090. The lowest BCUT2D eigenvalue weighted by atomic mass is 10.1. The van der Waals surface area contributed by atoms with Crippen LogP contribution in [-0.2, 0) is 0 Å². The van der Waals surface area contributed by atoms with Crippen LogP contribution in [0.3, 0.4) is 0 Å². The monoisotopic (exact) mass is 444 g/mol. The number of benzene rings is 2. The van der Waals surface area contributed by atoms with Gasteiger partial charge >= 0.3 is 5.97 Å². The maximum Gasteiger partial charge on any atom is 0.360 e. The first-order valence-corrected chi connectivity index (χ1v) is 9.98. The number of unbranched alkanes of at least 4 members (excludes halogenated alkanes) is 1. The van der Waals surface area contributed by atoms with Gasteiger partial charge in [0.25, 0.3) is 0 Å². The number of carbonyl (C=O) groups excluding carboxylic acids is 1. The number of nitrogens with one attached hydrogen (secondary N) is 2. The maximum atomic E-state index is 13.8. The molecule has 0 aliphatic carbocycles. The molecule has 30 heavy (non-hydrogen) atoms. The molecule has 4 nitrogen and oxygen atoms in total. The second-order valence-corrected chi connectivity index (χ2v) is 7.38. The van der Waals surface area contributed by atoms with Gasteiger partial charge in [-0.3, -0.25) is 0 Å². The molecule has 0 bridgehead atoms. The molecule has 10 heteroatoms. The van der Waals surface area contributed by atoms with Gasteiger partial charge in [-0.05, 0) is 37.1 Å². The number of anilines is 1. The third-order valence-corrected chi connectivity index (χ3v) is 5.29. The highest BCUT2D eigenvalue weighted by Crippen LogP contribution is 2.31. The van der Waals surface area contributed by atoms with Gasteiger partial charge in [0, 0.05) is 22.3 Å². The molecule has 0 amide bonds. The molecular weight excluding hydrogens is 427 g/mol. The average Bonchev–Trinajstić information content (AvgIpc) is 3.07. The number of ether oxygens (including phenoxy) is 1. The predicted molar refractivity (Wildman–Crippen MR) is 105 cm³/mol. The first-order valence-electron chi connectivity index (χ1n) is 9.00. The van der Waals surface area contributed by atoms with E-state index < -0.39 is 40.8 Å². The van der Waals surface area contributed by atoms with Crippen molar-refractivity contribution in [1.29, 1.82) is 0 Å². The van der Waals surface area contributed by atoms with E-state index in [9.17, 15) is 26.7 Å². The Balaban J connectivity index is 1.88. The summed E-state index contributed by atoms with van der Waals surface area (Å²) >= 11 is 1.53. The van der Waals surface area contributed by atoms with Gasteiger partial charge in [-0.2, -0.15) is 8.78 Å². The van der Waals surface area contributed by atoms with E-state index in [-0.39, 0.29) is 5.69 Å². The van der Waals surface area contributed by atoms with Crippen molar-refractivity contribution in [2.45, 2.75) is 26.7 Å². The van der Waals surface area contributed by atoms with E-state index >= 15 is 0 Å². The number of rotatable bonds is 7. The molecule has 0 unspecified atom stereocenters. The number of H-pyrrole nitrogens is 1. The summed E-state index contributed by atoms with van der Waals surface area (Å²) in [5, 5.41) is 0.639. The highest BCUT2D eigenvalue weighted by atomic mass is 32.2. The summed E-state index contributed by atoms with van der Waals surface area (Å²) in [6.45, 7) is 3.66. The van der Waals surface area contributed by atoms with E-state index in [0.29, 0.717) is 16.5 Å². The summed E-state index contributed by atoms with van der Waals surface area (Å²) in [6, 6.07) is 5.24. The number of aryl methyl sites for hydroxylation is 1. The first-order chi connectivity index (χ1) is 14.3. The fraction of sp³-hybridized carbons (Fsp3) is 0.250. The van der Waals surface area contributed by atoms with Crippen molar-refractivity contribution in [1.82, 2.24) is 4.98 Å². The van der Waals surface area contributed by atoms with Crippen LogP contribution in [0.25, 0.3) is 10.9 Å². The minimum Gasteiger partial charge on any atom is -0.415 e. The molecule has 160 valence electrons. The van der Waals surface area contributed by atoms with Crippen molar-refractivity contribution in [2.24, 2.45) is 0 Å². The van der Waals surface area contributed by atoms with Crippen LogP contribution in [0.2, 0.25) is 0 Å². The number of halogens is 5. The minimum atomic E-state index is -2.33. The highest BCUT2D eigenvalue weighted by Gasteiger charge is 2.29. The van der Waals surface area contributed by atoms with Crippen molar-refractivity contribution in [3.8, 4) is 5.75 Å². The minimum absolute atomic E-state index is 0.162. The zero-order chi connectivity index (χ0) is 22.0. The third-order valence-electron chi connectivity index (χ3n) is 4.42. The molecule has 2 N–H and O–H groups in total. The van der Waals surface area contributed by atoms with Gasteiger partial charge in [0.05, 0.1) is 0 Å². The van der Waals surface area contributed by atoms with E-state index in [2.05, 4.69) is 21.4 Å². The normalized spacial score (nSPS) is 11.2. The fourth-order valence-electron chi connectivity index (χ4n) is 2.76. The molecular formula is C20H17F5N2O2S. The smallest absolute Gasteiger partial charge is 0.360 e. The van der Waals surface area contributed by atoms with E-state index in [1.165, 1.54) is 11.9 Å². The molecule has 0 fully saturated rings. The quantitative estimate of drug-likeness (QED) is 0.0860.